The van der Waals surface area contributed by atoms with Crippen molar-refractivity contribution < 1.29 is 0 Å². The van der Waals surface area contributed by atoms with Gasteiger partial charge in [-0.05, 0) is 12.8 Å². The summed E-state index contributed by atoms with van der Waals surface area (Å²) in [5, 5.41) is 8.78. The van der Waals surface area contributed by atoms with Crippen LogP contribution in [0, 0.1) is 0 Å². The number of hydrogen-bond acceptors (Lipinski definition) is 3. The second-order valence-corrected chi connectivity index (χ2v) is 3.77. The summed E-state index contributed by atoms with van der Waals surface area (Å²) in [5.41, 5.74) is 6.66. The second-order valence-electron chi connectivity index (χ2n) is 3.21. The van der Waals surface area contributed by atoms with Crippen LogP contribution in [0.2, 0.25) is 0 Å². The maximum Gasteiger partial charge on any atom is 0.0932 e. The number of halogens is 1. The summed E-state index contributed by atoms with van der Waals surface area (Å²) >= 11 is 3.33. The van der Waals surface area contributed by atoms with Crippen LogP contribution in [-0.4, -0.2) is 21.0 Å². The minimum atomic E-state index is 0.367. The van der Waals surface area contributed by atoms with Crippen molar-refractivity contribution in [1.29, 1.82) is 0 Å². The van der Waals surface area contributed by atoms with E-state index in [1.165, 1.54) is 0 Å². The van der Waals surface area contributed by atoms with Gasteiger partial charge >= 0.3 is 0 Å². The topological polar surface area (TPSA) is 56.7 Å². The van der Waals surface area contributed by atoms with Gasteiger partial charge in [0.1, 0.15) is 0 Å². The Kier molecular flexibility index (Phi) is 2.14. The molecular weight excluding hydrogens is 220 g/mol. The Morgan fingerprint density at radius 3 is 2.92 bits per heavy atom. The normalized spacial score (nSPS) is 28.5. The number of hydrogen-bond donors (Lipinski definition) is 1. The third-order valence-electron chi connectivity index (χ3n) is 2.22. The minimum Gasteiger partial charge on any atom is -0.328 e. The first-order chi connectivity index (χ1) is 5.79. The van der Waals surface area contributed by atoms with Crippen molar-refractivity contribution in [2.24, 2.45) is 5.73 Å². The first-order valence-corrected chi connectivity index (χ1v) is 5.14. The Morgan fingerprint density at radius 1 is 1.67 bits per heavy atom. The summed E-state index contributed by atoms with van der Waals surface area (Å²) < 4.78 is 1.92. The fourth-order valence-corrected chi connectivity index (χ4v) is 1.66. The Balaban J connectivity index is 2.04. The van der Waals surface area contributed by atoms with Crippen LogP contribution in [0.1, 0.15) is 24.6 Å². The molecule has 0 bridgehead atoms. The number of alkyl halides is 1. The van der Waals surface area contributed by atoms with E-state index in [9.17, 15) is 0 Å². The lowest BCUT2D eigenvalue weighted by Gasteiger charge is -2.31. The molecule has 4 nitrogen and oxygen atoms in total. The molecule has 0 spiro atoms. The molecular formula is C7H11BrN4. The van der Waals surface area contributed by atoms with Crippen molar-refractivity contribution in [3.05, 3.63) is 11.9 Å². The van der Waals surface area contributed by atoms with E-state index in [4.69, 9.17) is 5.73 Å². The largest absolute Gasteiger partial charge is 0.328 e. The molecule has 0 unspecified atom stereocenters. The van der Waals surface area contributed by atoms with E-state index in [1.807, 2.05) is 10.9 Å². The molecule has 1 aromatic rings. The van der Waals surface area contributed by atoms with Gasteiger partial charge in [-0.2, -0.15) is 0 Å². The van der Waals surface area contributed by atoms with Gasteiger partial charge in [-0.15, -0.1) is 5.10 Å². The summed E-state index contributed by atoms with van der Waals surface area (Å²) in [4.78, 5) is 0. The molecule has 1 aliphatic rings. The molecule has 2 N–H and O–H groups in total. The van der Waals surface area contributed by atoms with E-state index in [0.29, 0.717) is 12.1 Å². The van der Waals surface area contributed by atoms with Gasteiger partial charge in [-0.3, -0.25) is 0 Å². The molecule has 12 heavy (non-hydrogen) atoms. The Hall–Kier alpha value is -0.420. The van der Waals surface area contributed by atoms with E-state index < -0.39 is 0 Å². The highest BCUT2D eigenvalue weighted by Gasteiger charge is 2.28. The van der Waals surface area contributed by atoms with Gasteiger partial charge < -0.3 is 5.73 Å². The average Bonchev–Trinajstić information content (AvgIpc) is 2.46. The highest BCUT2D eigenvalue weighted by Crippen LogP contribution is 2.29. The van der Waals surface area contributed by atoms with Gasteiger partial charge in [0.05, 0.1) is 11.7 Å². The fraction of sp³-hybridized carbons (Fsp3) is 0.714. The van der Waals surface area contributed by atoms with Crippen molar-refractivity contribution in [1.82, 2.24) is 15.0 Å². The van der Waals surface area contributed by atoms with Crippen LogP contribution in [0.15, 0.2) is 6.20 Å². The first kappa shape index (κ1) is 8.19. The zero-order valence-corrected chi connectivity index (χ0v) is 8.24. The monoisotopic (exact) mass is 230 g/mol. The number of rotatable bonds is 2. The standard InChI is InChI=1S/C7H11BrN4/c8-3-6-4-12(11-10-6)7-1-5(9)2-7/h4-5,7H,1-3,9H2. The van der Waals surface area contributed by atoms with E-state index in [0.717, 1.165) is 23.9 Å². The third kappa shape index (κ3) is 1.38. The van der Waals surface area contributed by atoms with Gasteiger partial charge in [0.2, 0.25) is 0 Å². The third-order valence-corrected chi connectivity index (χ3v) is 2.79. The Bertz CT molecular complexity index is 266. The lowest BCUT2D eigenvalue weighted by molar-refractivity contribution is 0.243. The smallest absolute Gasteiger partial charge is 0.0932 e. The van der Waals surface area contributed by atoms with Crippen LogP contribution < -0.4 is 5.73 Å². The lowest BCUT2D eigenvalue weighted by atomic mass is 9.88. The van der Waals surface area contributed by atoms with Gasteiger partial charge in [0.15, 0.2) is 0 Å². The quantitative estimate of drug-likeness (QED) is 0.767. The molecule has 0 aromatic carbocycles. The molecule has 0 saturated heterocycles. The molecule has 2 rings (SSSR count). The average molecular weight is 231 g/mol. The van der Waals surface area contributed by atoms with Gasteiger partial charge in [0.25, 0.3) is 0 Å². The van der Waals surface area contributed by atoms with Crippen molar-refractivity contribution >= 4 is 15.9 Å². The van der Waals surface area contributed by atoms with E-state index >= 15 is 0 Å². The Labute approximate surface area is 79.3 Å². The molecule has 1 fully saturated rings. The van der Waals surface area contributed by atoms with Crippen LogP contribution in [-0.2, 0) is 5.33 Å². The molecule has 0 aliphatic heterocycles. The summed E-state index contributed by atoms with van der Waals surface area (Å²) in [6.45, 7) is 0. The zero-order chi connectivity index (χ0) is 8.55. The van der Waals surface area contributed by atoms with Crippen molar-refractivity contribution in [2.75, 3.05) is 0 Å². The first-order valence-electron chi connectivity index (χ1n) is 4.02. The maximum absolute atomic E-state index is 5.67. The molecule has 0 atom stereocenters. The molecule has 0 amide bonds. The summed E-state index contributed by atoms with van der Waals surface area (Å²) in [7, 11) is 0. The lowest BCUT2D eigenvalue weighted by Crippen LogP contribution is -2.37. The SMILES string of the molecule is NC1CC(n2cc(CBr)nn2)C1. The maximum atomic E-state index is 5.67. The van der Waals surface area contributed by atoms with Crippen LogP contribution >= 0.6 is 15.9 Å². The molecule has 5 heteroatoms. The molecule has 1 aromatic heterocycles. The minimum absolute atomic E-state index is 0.367. The number of nitrogens with two attached hydrogens (primary N) is 1. The summed E-state index contributed by atoms with van der Waals surface area (Å²) in [6.07, 6.45) is 4.04. The van der Waals surface area contributed by atoms with Gasteiger partial charge in [-0.25, -0.2) is 4.68 Å². The van der Waals surface area contributed by atoms with Crippen LogP contribution in [0.5, 0.6) is 0 Å². The highest BCUT2D eigenvalue weighted by atomic mass is 79.9. The summed E-state index contributed by atoms with van der Waals surface area (Å²) in [6, 6.07) is 0.854. The van der Waals surface area contributed by atoms with Crippen LogP contribution in [0.25, 0.3) is 0 Å². The van der Waals surface area contributed by atoms with Crippen molar-refractivity contribution in [3.8, 4) is 0 Å². The number of nitrogens with zero attached hydrogens (tertiary/aromatic N) is 3. The molecule has 1 aliphatic carbocycles. The van der Waals surface area contributed by atoms with E-state index in [2.05, 4.69) is 26.2 Å². The number of aromatic nitrogens is 3. The fourth-order valence-electron chi connectivity index (χ4n) is 1.40. The zero-order valence-electron chi connectivity index (χ0n) is 6.65. The van der Waals surface area contributed by atoms with E-state index in [-0.39, 0.29) is 0 Å². The molecule has 1 heterocycles. The molecule has 66 valence electrons. The molecule has 1 saturated carbocycles. The van der Waals surface area contributed by atoms with Crippen molar-refractivity contribution in [3.63, 3.8) is 0 Å². The van der Waals surface area contributed by atoms with Gasteiger partial charge in [0, 0.05) is 17.6 Å². The Morgan fingerprint density at radius 2 is 2.42 bits per heavy atom. The highest BCUT2D eigenvalue weighted by molar-refractivity contribution is 9.08. The van der Waals surface area contributed by atoms with Crippen LogP contribution in [0.3, 0.4) is 0 Å². The van der Waals surface area contributed by atoms with E-state index in [1.54, 1.807) is 0 Å². The van der Waals surface area contributed by atoms with Crippen LogP contribution in [0.4, 0.5) is 0 Å². The second kappa shape index (κ2) is 3.14. The van der Waals surface area contributed by atoms with Crippen molar-refractivity contribution in [2.45, 2.75) is 30.3 Å². The van der Waals surface area contributed by atoms with Gasteiger partial charge in [-0.1, -0.05) is 21.1 Å². The predicted octanol–water partition coefficient (Wildman–Crippen LogP) is 0.835. The molecule has 0 radical (unpaired) electrons. The summed E-state index contributed by atoms with van der Waals surface area (Å²) in [5.74, 6) is 0. The predicted molar refractivity (Wildman–Crippen MR) is 48.9 cm³/mol.